The Kier molecular flexibility index (Phi) is 3.17. The van der Waals surface area contributed by atoms with Crippen LogP contribution in [0.25, 0.3) is 11.0 Å². The van der Waals surface area contributed by atoms with Crippen molar-refractivity contribution in [2.75, 3.05) is 19.8 Å². The number of aromatic amines is 1. The number of carbonyl (C=O) groups is 1. The number of nitrogens with one attached hydrogen (secondary N) is 1. The van der Waals surface area contributed by atoms with Crippen molar-refractivity contribution >= 4 is 34.2 Å². The molecule has 0 aliphatic carbocycles. The molecular formula is C12H15ClN4O. The lowest BCUT2D eigenvalue weighted by Crippen LogP contribution is -2.24. The zero-order chi connectivity index (χ0) is 13.4. The van der Waals surface area contributed by atoms with Crippen molar-refractivity contribution in [2.45, 2.75) is 13.3 Å². The predicted octanol–water partition coefficient (Wildman–Crippen LogP) is 2.06. The van der Waals surface area contributed by atoms with Gasteiger partial charge in [0.05, 0.1) is 5.69 Å². The molecule has 0 fully saturated rings. The van der Waals surface area contributed by atoms with Gasteiger partial charge in [-0.1, -0.05) is 18.5 Å². The van der Waals surface area contributed by atoms with E-state index in [0.717, 1.165) is 17.4 Å². The number of hydrogen-bond donors (Lipinski definition) is 2. The molecule has 6 heteroatoms. The number of nitrogens with two attached hydrogens (primary N) is 1. The SMILES string of the molecule is CCc1c(Cl)[nH]c2nc(C(=O)N(C)C)c(N)cc12. The van der Waals surface area contributed by atoms with Crippen molar-refractivity contribution in [1.29, 1.82) is 0 Å². The van der Waals surface area contributed by atoms with Gasteiger partial charge < -0.3 is 15.6 Å². The summed E-state index contributed by atoms with van der Waals surface area (Å²) in [6.45, 7) is 2.00. The van der Waals surface area contributed by atoms with Gasteiger partial charge in [-0.05, 0) is 18.1 Å². The highest BCUT2D eigenvalue weighted by Crippen LogP contribution is 2.28. The molecule has 0 aliphatic rings. The van der Waals surface area contributed by atoms with Gasteiger partial charge in [0, 0.05) is 19.5 Å². The Morgan fingerprint density at radius 2 is 2.22 bits per heavy atom. The van der Waals surface area contributed by atoms with Gasteiger partial charge >= 0.3 is 0 Å². The number of aromatic nitrogens is 2. The Bertz CT molecular complexity index is 618. The van der Waals surface area contributed by atoms with Crippen LogP contribution in [0.3, 0.4) is 0 Å². The van der Waals surface area contributed by atoms with E-state index >= 15 is 0 Å². The average Bonchev–Trinajstić information content (AvgIpc) is 2.61. The van der Waals surface area contributed by atoms with Gasteiger partial charge in [0.1, 0.15) is 10.8 Å². The first kappa shape index (κ1) is 12.7. The number of H-pyrrole nitrogens is 1. The number of nitrogen functional groups attached to an aromatic ring is 1. The highest BCUT2D eigenvalue weighted by atomic mass is 35.5. The van der Waals surface area contributed by atoms with E-state index in [1.807, 2.05) is 6.92 Å². The summed E-state index contributed by atoms with van der Waals surface area (Å²) in [4.78, 5) is 20.6. The Labute approximate surface area is 110 Å². The Balaban J connectivity index is 2.67. The van der Waals surface area contributed by atoms with Gasteiger partial charge in [-0.25, -0.2) is 4.98 Å². The summed E-state index contributed by atoms with van der Waals surface area (Å²) in [7, 11) is 3.32. The van der Waals surface area contributed by atoms with Crippen molar-refractivity contribution in [1.82, 2.24) is 14.9 Å². The molecule has 0 unspecified atom stereocenters. The van der Waals surface area contributed by atoms with E-state index in [0.29, 0.717) is 16.5 Å². The highest BCUT2D eigenvalue weighted by Gasteiger charge is 2.18. The normalized spacial score (nSPS) is 10.9. The number of hydrogen-bond acceptors (Lipinski definition) is 3. The van der Waals surface area contributed by atoms with Crippen LogP contribution in [0.4, 0.5) is 5.69 Å². The Hall–Kier alpha value is -1.75. The van der Waals surface area contributed by atoms with Crippen molar-refractivity contribution in [3.63, 3.8) is 0 Å². The van der Waals surface area contributed by atoms with E-state index in [9.17, 15) is 4.79 Å². The number of pyridine rings is 1. The standard InChI is InChI=1S/C12H15ClN4O/c1-4-6-7-5-8(14)9(12(18)17(2)3)15-11(7)16-10(6)13/h5H,4,14H2,1-3H3,(H,15,16). The maximum atomic E-state index is 11.9. The summed E-state index contributed by atoms with van der Waals surface area (Å²) in [6, 6.07) is 1.75. The molecule has 18 heavy (non-hydrogen) atoms. The summed E-state index contributed by atoms with van der Waals surface area (Å²) in [5.41, 5.74) is 8.06. The average molecular weight is 267 g/mol. The fourth-order valence-corrected chi connectivity index (χ4v) is 2.21. The summed E-state index contributed by atoms with van der Waals surface area (Å²) in [6.07, 6.45) is 0.779. The fraction of sp³-hybridized carbons (Fsp3) is 0.333. The lowest BCUT2D eigenvalue weighted by molar-refractivity contribution is 0.0823. The van der Waals surface area contributed by atoms with Crippen LogP contribution in [0, 0.1) is 0 Å². The number of aryl methyl sites for hydroxylation is 1. The van der Waals surface area contributed by atoms with Gasteiger partial charge in [-0.15, -0.1) is 0 Å². The van der Waals surface area contributed by atoms with Crippen LogP contribution in [0.2, 0.25) is 5.15 Å². The molecular weight excluding hydrogens is 252 g/mol. The molecule has 2 aromatic heterocycles. The first-order chi connectivity index (χ1) is 8.45. The van der Waals surface area contributed by atoms with Gasteiger partial charge in [0.2, 0.25) is 0 Å². The zero-order valence-electron chi connectivity index (χ0n) is 10.5. The second-order valence-electron chi connectivity index (χ2n) is 4.29. The highest BCUT2D eigenvalue weighted by molar-refractivity contribution is 6.31. The maximum Gasteiger partial charge on any atom is 0.274 e. The number of carbonyl (C=O) groups excluding carboxylic acids is 1. The first-order valence-corrected chi connectivity index (χ1v) is 6.01. The Morgan fingerprint density at radius 3 is 2.78 bits per heavy atom. The van der Waals surface area contributed by atoms with Crippen LogP contribution in [-0.4, -0.2) is 34.9 Å². The molecule has 3 N–H and O–H groups in total. The summed E-state index contributed by atoms with van der Waals surface area (Å²) < 4.78 is 0. The van der Waals surface area contributed by atoms with Crippen molar-refractivity contribution in [3.8, 4) is 0 Å². The zero-order valence-corrected chi connectivity index (χ0v) is 11.3. The molecule has 2 aromatic rings. The van der Waals surface area contributed by atoms with Gasteiger partial charge in [-0.2, -0.15) is 0 Å². The maximum absolute atomic E-state index is 11.9. The molecule has 0 radical (unpaired) electrons. The van der Waals surface area contributed by atoms with Gasteiger partial charge in [0.15, 0.2) is 5.69 Å². The molecule has 2 heterocycles. The van der Waals surface area contributed by atoms with Gasteiger partial charge in [-0.3, -0.25) is 4.79 Å². The second-order valence-corrected chi connectivity index (χ2v) is 4.67. The molecule has 1 amide bonds. The van der Waals surface area contributed by atoms with Crippen LogP contribution in [-0.2, 0) is 6.42 Å². The van der Waals surface area contributed by atoms with Crippen LogP contribution >= 0.6 is 11.6 Å². The minimum Gasteiger partial charge on any atom is -0.397 e. The third-order valence-electron chi connectivity index (χ3n) is 2.83. The molecule has 0 aromatic carbocycles. The largest absolute Gasteiger partial charge is 0.397 e. The quantitative estimate of drug-likeness (QED) is 0.874. The molecule has 0 bridgehead atoms. The van der Waals surface area contributed by atoms with E-state index < -0.39 is 0 Å². The monoisotopic (exact) mass is 266 g/mol. The third-order valence-corrected chi connectivity index (χ3v) is 3.16. The summed E-state index contributed by atoms with van der Waals surface area (Å²) in [5.74, 6) is -0.224. The molecule has 2 rings (SSSR count). The van der Waals surface area contributed by atoms with Gasteiger partial charge in [0.25, 0.3) is 5.91 Å². The first-order valence-electron chi connectivity index (χ1n) is 5.64. The van der Waals surface area contributed by atoms with E-state index in [4.69, 9.17) is 17.3 Å². The van der Waals surface area contributed by atoms with Crippen molar-refractivity contribution in [2.24, 2.45) is 0 Å². The number of nitrogens with zero attached hydrogens (tertiary/aromatic N) is 2. The molecule has 5 nitrogen and oxygen atoms in total. The van der Waals surface area contributed by atoms with Crippen LogP contribution in [0.1, 0.15) is 23.0 Å². The smallest absolute Gasteiger partial charge is 0.274 e. The summed E-state index contributed by atoms with van der Waals surface area (Å²) >= 11 is 6.08. The predicted molar refractivity (Wildman–Crippen MR) is 72.9 cm³/mol. The van der Waals surface area contributed by atoms with Crippen LogP contribution in [0.5, 0.6) is 0 Å². The van der Waals surface area contributed by atoms with E-state index in [2.05, 4.69) is 9.97 Å². The van der Waals surface area contributed by atoms with E-state index in [1.165, 1.54) is 4.90 Å². The minimum atomic E-state index is -0.224. The number of rotatable bonds is 2. The van der Waals surface area contributed by atoms with E-state index in [1.54, 1.807) is 20.2 Å². The minimum absolute atomic E-state index is 0.224. The molecule has 96 valence electrons. The second kappa shape index (κ2) is 4.49. The molecule has 0 atom stereocenters. The van der Waals surface area contributed by atoms with Crippen LogP contribution in [0.15, 0.2) is 6.07 Å². The number of anilines is 1. The summed E-state index contributed by atoms with van der Waals surface area (Å²) in [5, 5.41) is 1.42. The molecule has 0 spiro atoms. The van der Waals surface area contributed by atoms with E-state index in [-0.39, 0.29) is 11.6 Å². The molecule has 0 saturated heterocycles. The molecule has 0 aliphatic heterocycles. The van der Waals surface area contributed by atoms with Crippen molar-refractivity contribution in [3.05, 3.63) is 22.5 Å². The number of halogens is 1. The number of amides is 1. The lowest BCUT2D eigenvalue weighted by Gasteiger charge is -2.11. The lowest BCUT2D eigenvalue weighted by atomic mass is 10.1. The van der Waals surface area contributed by atoms with Crippen molar-refractivity contribution < 1.29 is 4.79 Å². The fourth-order valence-electron chi connectivity index (χ4n) is 1.88. The topological polar surface area (TPSA) is 75.0 Å². The molecule has 0 saturated carbocycles. The number of fused-ring (bicyclic) bond motifs is 1. The Morgan fingerprint density at radius 1 is 1.56 bits per heavy atom. The van der Waals surface area contributed by atoms with Crippen LogP contribution < -0.4 is 5.73 Å². The third kappa shape index (κ3) is 1.90.